The minimum atomic E-state index is -5.05. The molecule has 1 N–H and O–H groups in total. The lowest BCUT2D eigenvalue weighted by Gasteiger charge is -2.42. The third-order valence-electron chi connectivity index (χ3n) is 3.93. The van der Waals surface area contributed by atoms with Crippen LogP contribution in [0.2, 0.25) is 10.0 Å². The number of anilines is 1. The van der Waals surface area contributed by atoms with Gasteiger partial charge in [0, 0.05) is 31.7 Å². The van der Waals surface area contributed by atoms with E-state index in [9.17, 15) is 27.9 Å². The number of hydrogen-bond acceptors (Lipinski definition) is 4. The normalized spacial score (nSPS) is 16.3. The molecule has 0 bridgehead atoms. The lowest BCUT2D eigenvalue weighted by atomic mass is 9.87. The summed E-state index contributed by atoms with van der Waals surface area (Å²) in [6, 6.07) is 1.87. The van der Waals surface area contributed by atoms with Gasteiger partial charge in [0.05, 0.1) is 10.0 Å². The van der Waals surface area contributed by atoms with Crippen LogP contribution in [0.5, 0.6) is 5.75 Å². The molecule has 6 nitrogen and oxygen atoms in total. The summed E-state index contributed by atoms with van der Waals surface area (Å²) in [5.41, 5.74) is -1.94. The molecular formula is C16H12Cl2F3NO5. The zero-order chi connectivity index (χ0) is 20.4. The number of aliphatic carboxylic acids is 1. The fourth-order valence-corrected chi connectivity index (χ4v) is 3.31. The first-order valence-electron chi connectivity index (χ1n) is 7.38. The number of hydrogen-bond donors (Lipinski definition) is 1. The molecule has 1 aliphatic rings. The van der Waals surface area contributed by atoms with E-state index < -0.39 is 39.6 Å². The number of carbonyl (C=O) groups excluding carboxylic acids is 1. The Balaban J connectivity index is 2.60. The number of rotatable bonds is 4. The van der Waals surface area contributed by atoms with E-state index in [1.165, 1.54) is 0 Å². The number of benzene rings is 1. The van der Waals surface area contributed by atoms with Crippen LogP contribution in [0.25, 0.3) is 0 Å². The third-order valence-corrected chi connectivity index (χ3v) is 4.49. The largest absolute Gasteiger partial charge is 0.573 e. The molecule has 1 aromatic carbocycles. The number of carbonyl (C=O) groups is 2. The van der Waals surface area contributed by atoms with Gasteiger partial charge in [0.2, 0.25) is 0 Å². The van der Waals surface area contributed by atoms with Crippen molar-refractivity contribution in [3.05, 3.63) is 22.2 Å². The standard InChI is InChI=1S/C16H12Cl2F3NO5/c1-2-12(23)22(15(14(24)25)3-5-26-6-4-15)9-7-10(17)13(11(18)8-9)27-16(19,20)21/h1,7-8H,3-6H2,(H,24,25). The van der Waals surface area contributed by atoms with E-state index in [1.807, 2.05) is 5.92 Å². The first-order chi connectivity index (χ1) is 12.5. The SMILES string of the molecule is C#CC(=O)N(c1cc(Cl)c(OC(F)(F)F)c(Cl)c1)C1(C(=O)O)CCOCC1. The van der Waals surface area contributed by atoms with E-state index in [1.54, 1.807) is 0 Å². The highest BCUT2D eigenvalue weighted by Crippen LogP contribution is 2.42. The quantitative estimate of drug-likeness (QED) is 0.747. The Bertz CT molecular complexity index is 777. The molecule has 1 amide bonds. The summed E-state index contributed by atoms with van der Waals surface area (Å²) in [5, 5.41) is 8.61. The van der Waals surface area contributed by atoms with Crippen molar-refractivity contribution >= 4 is 40.8 Å². The summed E-state index contributed by atoms with van der Waals surface area (Å²) in [6.07, 6.45) is -0.0720. The third kappa shape index (κ3) is 4.40. The van der Waals surface area contributed by atoms with Crippen molar-refractivity contribution in [1.82, 2.24) is 0 Å². The Labute approximate surface area is 161 Å². The first-order valence-corrected chi connectivity index (χ1v) is 8.14. The lowest BCUT2D eigenvalue weighted by molar-refractivity contribution is -0.274. The number of halogens is 5. The molecule has 0 aromatic heterocycles. The van der Waals surface area contributed by atoms with Crippen molar-refractivity contribution in [2.24, 2.45) is 0 Å². The Morgan fingerprint density at radius 2 is 1.78 bits per heavy atom. The van der Waals surface area contributed by atoms with Crippen molar-refractivity contribution in [3.63, 3.8) is 0 Å². The fraction of sp³-hybridized carbons (Fsp3) is 0.375. The highest BCUT2D eigenvalue weighted by Gasteiger charge is 2.49. The molecule has 0 aliphatic carbocycles. The van der Waals surface area contributed by atoms with Crippen LogP contribution in [-0.4, -0.2) is 42.1 Å². The van der Waals surface area contributed by atoms with Crippen LogP contribution in [0.4, 0.5) is 18.9 Å². The van der Waals surface area contributed by atoms with E-state index in [0.717, 1.165) is 17.0 Å². The Morgan fingerprint density at radius 3 is 2.19 bits per heavy atom. The molecule has 0 saturated carbocycles. The number of amides is 1. The number of alkyl halides is 3. The van der Waals surface area contributed by atoms with Crippen LogP contribution < -0.4 is 9.64 Å². The minimum absolute atomic E-state index is 0.0391. The van der Waals surface area contributed by atoms with E-state index in [4.69, 9.17) is 34.4 Å². The second kappa shape index (κ2) is 7.84. The second-order valence-electron chi connectivity index (χ2n) is 5.52. The maximum atomic E-state index is 12.5. The predicted molar refractivity (Wildman–Crippen MR) is 89.9 cm³/mol. The molecule has 0 spiro atoms. The van der Waals surface area contributed by atoms with Crippen LogP contribution in [0.15, 0.2) is 12.1 Å². The van der Waals surface area contributed by atoms with Gasteiger partial charge >= 0.3 is 18.2 Å². The maximum Gasteiger partial charge on any atom is 0.573 e. The van der Waals surface area contributed by atoms with Crippen molar-refractivity contribution in [2.75, 3.05) is 18.1 Å². The van der Waals surface area contributed by atoms with Crippen molar-refractivity contribution in [1.29, 1.82) is 0 Å². The summed E-state index contributed by atoms with van der Waals surface area (Å²) in [6.45, 7) is 0.0781. The van der Waals surface area contributed by atoms with Gasteiger partial charge in [-0.3, -0.25) is 9.69 Å². The van der Waals surface area contributed by atoms with Crippen molar-refractivity contribution in [3.8, 4) is 18.1 Å². The van der Waals surface area contributed by atoms with Gasteiger partial charge in [0.15, 0.2) is 11.3 Å². The number of ether oxygens (including phenoxy) is 2. The fourth-order valence-electron chi connectivity index (χ4n) is 2.75. The molecule has 27 heavy (non-hydrogen) atoms. The van der Waals surface area contributed by atoms with Crippen LogP contribution in [-0.2, 0) is 14.3 Å². The maximum absolute atomic E-state index is 12.5. The van der Waals surface area contributed by atoms with Crippen LogP contribution in [0.3, 0.4) is 0 Å². The van der Waals surface area contributed by atoms with E-state index in [-0.39, 0.29) is 31.7 Å². The Hall–Kier alpha value is -2.15. The minimum Gasteiger partial charge on any atom is -0.479 e. The zero-order valence-electron chi connectivity index (χ0n) is 13.5. The Kier molecular flexibility index (Phi) is 6.14. The number of carboxylic acid groups (broad SMARTS) is 1. The van der Waals surface area contributed by atoms with E-state index in [2.05, 4.69) is 4.74 Å². The second-order valence-corrected chi connectivity index (χ2v) is 6.33. The van der Waals surface area contributed by atoms with Crippen LogP contribution in [0, 0.1) is 12.3 Å². The molecule has 0 radical (unpaired) electrons. The average molecular weight is 426 g/mol. The van der Waals surface area contributed by atoms with Gasteiger partial charge in [0.1, 0.15) is 0 Å². The number of nitrogens with zero attached hydrogens (tertiary/aromatic N) is 1. The van der Waals surface area contributed by atoms with Gasteiger partial charge in [0.25, 0.3) is 0 Å². The highest BCUT2D eigenvalue weighted by atomic mass is 35.5. The van der Waals surface area contributed by atoms with E-state index in [0.29, 0.717) is 0 Å². The molecule has 1 heterocycles. The predicted octanol–water partition coefficient (Wildman–Crippen LogP) is 3.49. The van der Waals surface area contributed by atoms with E-state index >= 15 is 0 Å². The zero-order valence-corrected chi connectivity index (χ0v) is 15.0. The topological polar surface area (TPSA) is 76.1 Å². The molecule has 1 aliphatic heterocycles. The van der Waals surface area contributed by atoms with Crippen molar-refractivity contribution < 1.29 is 37.3 Å². The molecule has 0 unspecified atom stereocenters. The monoisotopic (exact) mass is 425 g/mol. The molecule has 146 valence electrons. The summed E-state index contributed by atoms with van der Waals surface area (Å²) in [7, 11) is 0. The average Bonchev–Trinajstić information content (AvgIpc) is 2.58. The molecule has 1 fully saturated rings. The number of terminal acetylenes is 1. The summed E-state index contributed by atoms with van der Waals surface area (Å²) < 4.78 is 46.3. The van der Waals surface area contributed by atoms with Crippen LogP contribution in [0.1, 0.15) is 12.8 Å². The number of carboxylic acids is 1. The lowest BCUT2D eigenvalue weighted by Crippen LogP contribution is -2.60. The molecule has 11 heteroatoms. The van der Waals surface area contributed by atoms with Gasteiger partial charge in [-0.1, -0.05) is 23.2 Å². The van der Waals surface area contributed by atoms with Gasteiger partial charge in [-0.2, -0.15) is 0 Å². The molecule has 2 rings (SSSR count). The highest BCUT2D eigenvalue weighted by molar-refractivity contribution is 6.37. The van der Waals surface area contributed by atoms with Crippen LogP contribution >= 0.6 is 23.2 Å². The summed E-state index contributed by atoms with van der Waals surface area (Å²) in [5.74, 6) is -1.43. The molecule has 0 atom stereocenters. The first kappa shape index (κ1) is 21.2. The molecular weight excluding hydrogens is 414 g/mol. The molecule has 1 aromatic rings. The summed E-state index contributed by atoms with van der Waals surface area (Å²) in [4.78, 5) is 25.1. The van der Waals surface area contributed by atoms with Gasteiger partial charge < -0.3 is 14.6 Å². The molecule has 1 saturated heterocycles. The van der Waals surface area contributed by atoms with Gasteiger partial charge in [-0.05, 0) is 18.1 Å². The smallest absolute Gasteiger partial charge is 0.479 e. The Morgan fingerprint density at radius 1 is 1.26 bits per heavy atom. The van der Waals surface area contributed by atoms with Crippen molar-refractivity contribution in [2.45, 2.75) is 24.7 Å². The summed E-state index contributed by atoms with van der Waals surface area (Å²) >= 11 is 11.7. The van der Waals surface area contributed by atoms with Gasteiger partial charge in [-0.25, -0.2) is 4.79 Å². The van der Waals surface area contributed by atoms with Gasteiger partial charge in [-0.15, -0.1) is 19.6 Å².